The van der Waals surface area contributed by atoms with Gasteiger partial charge in [-0.1, -0.05) is 134 Å². The van der Waals surface area contributed by atoms with Gasteiger partial charge in [-0.3, -0.25) is 18.6 Å². The molecule has 5 rings (SSSR count). The largest absolute Gasteiger partial charge is 0.472 e. The number of hydrogen-bond donors (Lipinski definition) is 18. The van der Waals surface area contributed by atoms with E-state index in [1.807, 2.05) is 0 Å². The van der Waals surface area contributed by atoms with Gasteiger partial charge in [-0.2, -0.15) is 0 Å². The molecule has 0 aromatic carbocycles. The number of aliphatic hydroxyl groups is 17. The van der Waals surface area contributed by atoms with E-state index in [2.05, 4.69) is 38.2 Å². The molecule has 0 spiro atoms. The molecule has 0 radical (unpaired) electrons. The van der Waals surface area contributed by atoms with Gasteiger partial charge in [0.05, 0.1) is 33.0 Å². The second-order valence-corrected chi connectivity index (χ2v) is 28.6. The average molecular weight is 1500 g/mol. The van der Waals surface area contributed by atoms with Crippen molar-refractivity contribution in [1.29, 1.82) is 0 Å². The Kier molecular flexibility index (Phi) is 42.5. The van der Waals surface area contributed by atoms with Crippen LogP contribution in [0.5, 0.6) is 0 Å². The number of allylic oxidation sites excluding steroid dienone is 4. The zero-order chi connectivity index (χ0) is 74.9. The number of carbonyl (C=O) groups is 2. The first kappa shape index (κ1) is 90.1. The number of phosphoric acid groups is 1. The van der Waals surface area contributed by atoms with Gasteiger partial charge in [0.15, 0.2) is 31.3 Å². The minimum atomic E-state index is -5.82. The maximum atomic E-state index is 14.4. The van der Waals surface area contributed by atoms with Crippen molar-refractivity contribution in [3.05, 3.63) is 24.3 Å². The molecule has 4 heterocycles. The summed E-state index contributed by atoms with van der Waals surface area (Å²) in [5.41, 5.74) is 0. The van der Waals surface area contributed by atoms with Crippen LogP contribution in [0.15, 0.2) is 24.3 Å². The molecule has 18 N–H and O–H groups in total. The van der Waals surface area contributed by atoms with Gasteiger partial charge < -0.3 is 139 Å². The van der Waals surface area contributed by atoms with E-state index < -0.39 is 225 Å². The molecule has 4 aliphatic heterocycles. The molecule has 5 fully saturated rings. The summed E-state index contributed by atoms with van der Waals surface area (Å²) in [6, 6.07) is 0. The summed E-state index contributed by atoms with van der Waals surface area (Å²) < 4.78 is 81.4. The number of esters is 2. The smallest absolute Gasteiger partial charge is 0.462 e. The van der Waals surface area contributed by atoms with Gasteiger partial charge in [-0.25, -0.2) is 4.57 Å². The minimum absolute atomic E-state index is 0.0161. The Bertz CT molecular complexity index is 2380. The first-order valence-electron chi connectivity index (χ1n) is 36.7. The lowest BCUT2D eigenvalue weighted by Crippen LogP contribution is -2.69. The van der Waals surface area contributed by atoms with Gasteiger partial charge >= 0.3 is 19.8 Å². The highest BCUT2D eigenvalue weighted by molar-refractivity contribution is 7.47. The quantitative estimate of drug-likeness (QED) is 0.0161. The standard InChI is InChI=1S/C68H121O33P/c1-3-5-7-9-11-13-15-17-18-19-21-22-24-26-28-30-32-45(71)90-36-40(94-46(72)33-31-29-27-25-23-20-16-14-12-10-8-6-4-2)37-93-102(88,89)101-64-62(99-67-60(86)52(78)48(74)42(35-70)96-67)56(82)55(81)57(83)63(64)100-68-61(87)54(80)50(76)44(98-68)39-92-66-59(85)53(79)49(75)43(97-66)38-91-65-58(84)51(77)47(73)41(34-69)95-65/h14,16,18-19,40-44,47-70,73-87H,3-13,15,17,20-39H2,1-2H3,(H,88,89)/b16-14-,19-18-/t40-,41?,42?,43?,44?,47+,48-,49+,50+,51?,52?,53?,54?,55+,56?,57?,58+,59+,60-,61+,62-,63?,64+,65-,66-,67-,68+/m1/s1. The van der Waals surface area contributed by atoms with E-state index in [4.69, 9.17) is 56.4 Å². The average Bonchev–Trinajstić information content (AvgIpc) is 0.761. The molecular formula is C68H121O33P. The second kappa shape index (κ2) is 48.1. The fourth-order valence-electron chi connectivity index (χ4n) is 12.5. The van der Waals surface area contributed by atoms with Gasteiger partial charge in [-0.15, -0.1) is 0 Å². The second-order valence-electron chi connectivity index (χ2n) is 27.2. The van der Waals surface area contributed by atoms with Crippen molar-refractivity contribution in [3.63, 3.8) is 0 Å². The molecule has 0 amide bonds. The van der Waals surface area contributed by atoms with E-state index in [-0.39, 0.29) is 12.8 Å². The summed E-state index contributed by atoms with van der Waals surface area (Å²) in [5, 5.41) is 183. The summed E-state index contributed by atoms with van der Waals surface area (Å²) in [7, 11) is -5.82. The van der Waals surface area contributed by atoms with Gasteiger partial charge in [0.2, 0.25) is 0 Å². The summed E-state index contributed by atoms with van der Waals surface area (Å²) in [5.74, 6) is -1.47. The molecule has 33 nitrogen and oxygen atoms in total. The predicted octanol–water partition coefficient (Wildman–Crippen LogP) is -0.257. The number of phosphoric ester groups is 1. The Labute approximate surface area is 596 Å². The van der Waals surface area contributed by atoms with Crippen molar-refractivity contribution in [2.75, 3.05) is 39.6 Å². The zero-order valence-corrected chi connectivity index (χ0v) is 59.7. The normalized spacial score (nSPS) is 36.3. The third kappa shape index (κ3) is 29.2. The van der Waals surface area contributed by atoms with Gasteiger partial charge in [0.1, 0.15) is 141 Å². The molecule has 4 saturated heterocycles. The fraction of sp³-hybridized carbons (Fsp3) is 0.912. The highest BCUT2D eigenvalue weighted by Crippen LogP contribution is 2.49. The SMILES string of the molecule is CCCCCC/C=C\CCCCCCCC(=O)O[C@H](COC(=O)CCCCCCC/C=C\CCCCCCCCC)COP(=O)(O)O[C@@H]1C(O[C@@H]2OC(CO[C@@H]3OC(CO[C@@H]4OC(CO)[C@H](O)C(O)[C@@H]4O)[C@H](O)C(O)[C@@H]3O)[C@H](O)C(O)[C@@H]2O)C(O)[C@@H](O)C(O)[C@H]1O[C@H]1OC(CO)[C@@H](O)C(O)[C@H]1O. The van der Waals surface area contributed by atoms with Crippen LogP contribution in [0.1, 0.15) is 187 Å². The van der Waals surface area contributed by atoms with Crippen LogP contribution in [0.4, 0.5) is 0 Å². The van der Waals surface area contributed by atoms with Crippen LogP contribution < -0.4 is 0 Å². The maximum absolute atomic E-state index is 14.4. The van der Waals surface area contributed by atoms with E-state index >= 15 is 0 Å². The Morgan fingerprint density at radius 2 is 0.706 bits per heavy atom. The lowest BCUT2D eigenvalue weighted by molar-refractivity contribution is -0.365. The molecule has 5 aliphatic rings. The lowest BCUT2D eigenvalue weighted by atomic mass is 9.84. The Hall–Kier alpha value is -2.47. The number of hydrogen-bond acceptors (Lipinski definition) is 32. The summed E-state index contributed by atoms with van der Waals surface area (Å²) in [6.07, 6.45) is -22.1. The first-order valence-corrected chi connectivity index (χ1v) is 38.2. The summed E-state index contributed by atoms with van der Waals surface area (Å²) in [6.45, 7) is -0.950. The van der Waals surface area contributed by atoms with E-state index in [9.17, 15) is 106 Å². The van der Waals surface area contributed by atoms with E-state index in [1.54, 1.807) is 0 Å². The van der Waals surface area contributed by atoms with Crippen molar-refractivity contribution in [2.24, 2.45) is 0 Å². The van der Waals surface area contributed by atoms with Crippen LogP contribution in [0.25, 0.3) is 0 Å². The molecule has 0 bridgehead atoms. The van der Waals surface area contributed by atoms with Crippen molar-refractivity contribution >= 4 is 19.8 Å². The number of aliphatic hydroxyl groups excluding tert-OH is 17. The van der Waals surface area contributed by atoms with Gasteiger partial charge in [-0.05, 0) is 64.2 Å². The molecule has 0 aromatic heterocycles. The highest BCUT2D eigenvalue weighted by Gasteiger charge is 2.59. The fourth-order valence-corrected chi connectivity index (χ4v) is 13.5. The highest BCUT2D eigenvalue weighted by atomic mass is 31.2. The number of unbranched alkanes of at least 4 members (excludes halogenated alkanes) is 21. The van der Waals surface area contributed by atoms with Crippen LogP contribution in [0, 0.1) is 0 Å². The van der Waals surface area contributed by atoms with Crippen molar-refractivity contribution < 1.29 is 162 Å². The Morgan fingerprint density at radius 1 is 0.382 bits per heavy atom. The molecule has 34 heteroatoms. The predicted molar refractivity (Wildman–Crippen MR) is 356 cm³/mol. The van der Waals surface area contributed by atoms with Crippen LogP contribution in [-0.4, -0.2) is 309 Å². The lowest BCUT2D eigenvalue weighted by Gasteiger charge is -2.49. The third-order valence-electron chi connectivity index (χ3n) is 18.9. The number of ether oxygens (including phenoxy) is 10. The van der Waals surface area contributed by atoms with Gasteiger partial charge in [0, 0.05) is 12.8 Å². The van der Waals surface area contributed by atoms with Crippen molar-refractivity contribution in [2.45, 2.75) is 353 Å². The first-order chi connectivity index (χ1) is 48.8. The molecule has 28 atom stereocenters. The van der Waals surface area contributed by atoms with Crippen molar-refractivity contribution in [1.82, 2.24) is 0 Å². The van der Waals surface area contributed by atoms with Crippen LogP contribution >= 0.6 is 7.82 Å². The topological polar surface area (TPSA) is 526 Å². The maximum Gasteiger partial charge on any atom is 0.472 e. The third-order valence-corrected chi connectivity index (χ3v) is 19.9. The summed E-state index contributed by atoms with van der Waals surface area (Å²) in [4.78, 5) is 38.2. The Morgan fingerprint density at radius 3 is 1.12 bits per heavy atom. The molecule has 1 saturated carbocycles. The van der Waals surface area contributed by atoms with Crippen LogP contribution in [0.2, 0.25) is 0 Å². The molecule has 596 valence electrons. The zero-order valence-electron chi connectivity index (χ0n) is 58.9. The molecule has 102 heavy (non-hydrogen) atoms. The monoisotopic (exact) mass is 1500 g/mol. The summed E-state index contributed by atoms with van der Waals surface area (Å²) >= 11 is 0. The van der Waals surface area contributed by atoms with Crippen molar-refractivity contribution in [3.8, 4) is 0 Å². The number of rotatable bonds is 49. The van der Waals surface area contributed by atoms with Gasteiger partial charge in [0.25, 0.3) is 0 Å². The van der Waals surface area contributed by atoms with Crippen LogP contribution in [-0.2, 0) is 70.6 Å². The molecule has 1 aliphatic carbocycles. The molecule has 0 aromatic rings. The molecular weight excluding hydrogens is 1380 g/mol. The Balaban J connectivity index is 1.29. The number of carbonyl (C=O) groups excluding carboxylic acids is 2. The minimum Gasteiger partial charge on any atom is -0.462 e. The van der Waals surface area contributed by atoms with E-state index in [0.717, 1.165) is 77.0 Å². The van der Waals surface area contributed by atoms with E-state index in [0.29, 0.717) is 19.3 Å². The van der Waals surface area contributed by atoms with E-state index in [1.165, 1.54) is 64.2 Å². The van der Waals surface area contributed by atoms with Crippen LogP contribution in [0.3, 0.4) is 0 Å². The molecule has 12 unspecified atom stereocenters.